The Morgan fingerprint density at radius 2 is 1.89 bits per heavy atom. The summed E-state index contributed by atoms with van der Waals surface area (Å²) in [6.45, 7) is 5.83. The lowest BCUT2D eigenvalue weighted by Gasteiger charge is -2.33. The molecule has 0 spiro atoms. The van der Waals surface area contributed by atoms with Gasteiger partial charge in [-0.3, -0.25) is 14.5 Å². The number of likely N-dealkylation sites (tertiary alicyclic amines) is 1. The number of carbonyl (C=O) groups is 2. The van der Waals surface area contributed by atoms with E-state index in [1.165, 1.54) is 0 Å². The molecule has 1 heterocycles. The van der Waals surface area contributed by atoms with Crippen LogP contribution in [0.5, 0.6) is 0 Å². The molecule has 1 fully saturated rings. The van der Waals surface area contributed by atoms with Crippen molar-refractivity contribution in [3.63, 3.8) is 0 Å². The Morgan fingerprint density at radius 1 is 1.17 bits per heavy atom. The van der Waals surface area contributed by atoms with Gasteiger partial charge < -0.3 is 9.47 Å². The Morgan fingerprint density at radius 3 is 2.56 bits per heavy atom. The average molecular weight is 257 g/mol. The predicted molar refractivity (Wildman–Crippen MR) is 67.1 cm³/mol. The molecule has 5 nitrogen and oxygen atoms in total. The second-order valence-corrected chi connectivity index (χ2v) is 4.35. The van der Waals surface area contributed by atoms with Crippen molar-refractivity contribution >= 4 is 11.9 Å². The molecule has 0 aromatic rings. The van der Waals surface area contributed by atoms with Crippen molar-refractivity contribution in [2.45, 2.75) is 45.6 Å². The number of ether oxygens (including phenoxy) is 2. The molecule has 0 N–H and O–H groups in total. The van der Waals surface area contributed by atoms with Crippen LogP contribution in [0.25, 0.3) is 0 Å². The summed E-state index contributed by atoms with van der Waals surface area (Å²) in [4.78, 5) is 25.2. The van der Waals surface area contributed by atoms with E-state index in [0.717, 1.165) is 25.8 Å². The first kappa shape index (κ1) is 15.0. The molecule has 0 unspecified atom stereocenters. The molecular formula is C13H23NO4. The van der Waals surface area contributed by atoms with Gasteiger partial charge in [0.15, 0.2) is 0 Å². The van der Waals surface area contributed by atoms with E-state index in [9.17, 15) is 9.59 Å². The van der Waals surface area contributed by atoms with Crippen molar-refractivity contribution in [1.82, 2.24) is 4.90 Å². The maximum Gasteiger partial charge on any atom is 0.323 e. The maximum atomic E-state index is 11.8. The summed E-state index contributed by atoms with van der Waals surface area (Å²) in [6, 6.07) is -0.187. The molecule has 1 aliphatic rings. The fourth-order valence-electron chi connectivity index (χ4n) is 2.23. The molecule has 1 aliphatic heterocycles. The highest BCUT2D eigenvalue weighted by Crippen LogP contribution is 2.18. The van der Waals surface area contributed by atoms with E-state index in [0.29, 0.717) is 26.2 Å². The second kappa shape index (κ2) is 8.08. The molecule has 0 saturated carbocycles. The van der Waals surface area contributed by atoms with Crippen molar-refractivity contribution in [3.05, 3.63) is 0 Å². The van der Waals surface area contributed by atoms with Gasteiger partial charge in [-0.1, -0.05) is 6.42 Å². The summed E-state index contributed by atoms with van der Waals surface area (Å²) < 4.78 is 9.96. The summed E-state index contributed by atoms with van der Waals surface area (Å²) in [5, 5.41) is 0. The number of esters is 2. The van der Waals surface area contributed by atoms with Crippen LogP contribution in [0.3, 0.4) is 0 Å². The molecule has 0 bridgehead atoms. The van der Waals surface area contributed by atoms with Gasteiger partial charge in [-0.25, -0.2) is 0 Å². The van der Waals surface area contributed by atoms with Crippen LogP contribution in [-0.4, -0.2) is 49.2 Å². The first-order valence-electron chi connectivity index (χ1n) is 6.75. The number of hydrogen-bond acceptors (Lipinski definition) is 5. The van der Waals surface area contributed by atoms with Gasteiger partial charge in [0.25, 0.3) is 0 Å². The third-order valence-corrected chi connectivity index (χ3v) is 3.08. The van der Waals surface area contributed by atoms with E-state index in [1.54, 1.807) is 6.92 Å². The minimum atomic E-state index is -0.203. The highest BCUT2D eigenvalue weighted by molar-refractivity contribution is 5.76. The van der Waals surface area contributed by atoms with E-state index in [2.05, 4.69) is 0 Å². The van der Waals surface area contributed by atoms with Gasteiger partial charge in [0, 0.05) is 6.54 Å². The molecular weight excluding hydrogens is 234 g/mol. The zero-order valence-electron chi connectivity index (χ0n) is 11.3. The molecule has 1 saturated heterocycles. The molecule has 0 aliphatic carbocycles. The van der Waals surface area contributed by atoms with Crippen molar-refractivity contribution < 1.29 is 19.1 Å². The number of piperidine rings is 1. The topological polar surface area (TPSA) is 55.8 Å². The summed E-state index contributed by atoms with van der Waals surface area (Å²) in [5.74, 6) is -0.369. The van der Waals surface area contributed by atoms with Gasteiger partial charge in [0.2, 0.25) is 0 Å². The molecule has 104 valence electrons. The lowest BCUT2D eigenvalue weighted by Crippen LogP contribution is -2.46. The molecule has 5 heteroatoms. The molecule has 0 amide bonds. The standard InChI is InChI=1S/C13H23NO4/c1-3-17-12(15)8-10-14-9-6-5-7-11(14)13(16)18-4-2/h11H,3-10H2,1-2H3/t11-/m0/s1. The van der Waals surface area contributed by atoms with E-state index in [1.807, 2.05) is 11.8 Å². The van der Waals surface area contributed by atoms with Crippen LogP contribution in [0.15, 0.2) is 0 Å². The van der Waals surface area contributed by atoms with Crippen molar-refractivity contribution in [2.75, 3.05) is 26.3 Å². The quantitative estimate of drug-likeness (QED) is 0.672. The number of hydrogen-bond donors (Lipinski definition) is 0. The van der Waals surface area contributed by atoms with Gasteiger partial charge in [-0.2, -0.15) is 0 Å². The van der Waals surface area contributed by atoms with Crippen molar-refractivity contribution in [1.29, 1.82) is 0 Å². The third-order valence-electron chi connectivity index (χ3n) is 3.08. The Balaban J connectivity index is 2.44. The van der Waals surface area contributed by atoms with Crippen molar-refractivity contribution in [2.24, 2.45) is 0 Å². The molecule has 18 heavy (non-hydrogen) atoms. The van der Waals surface area contributed by atoms with Gasteiger partial charge >= 0.3 is 11.9 Å². The molecule has 1 rings (SSSR count). The molecule has 0 radical (unpaired) electrons. The summed E-state index contributed by atoms with van der Waals surface area (Å²) in [6.07, 6.45) is 3.27. The summed E-state index contributed by atoms with van der Waals surface area (Å²) in [7, 11) is 0. The minimum Gasteiger partial charge on any atom is -0.466 e. The van der Waals surface area contributed by atoms with E-state index < -0.39 is 0 Å². The predicted octanol–water partition coefficient (Wildman–Crippen LogP) is 1.36. The van der Waals surface area contributed by atoms with Crippen LogP contribution < -0.4 is 0 Å². The zero-order valence-corrected chi connectivity index (χ0v) is 11.3. The van der Waals surface area contributed by atoms with E-state index in [4.69, 9.17) is 9.47 Å². The number of carbonyl (C=O) groups excluding carboxylic acids is 2. The molecule has 0 aromatic heterocycles. The summed E-state index contributed by atoms with van der Waals surface area (Å²) in [5.41, 5.74) is 0. The fraction of sp³-hybridized carbons (Fsp3) is 0.846. The first-order chi connectivity index (χ1) is 8.69. The lowest BCUT2D eigenvalue weighted by molar-refractivity contribution is -0.152. The highest BCUT2D eigenvalue weighted by Gasteiger charge is 2.29. The van der Waals surface area contributed by atoms with Crippen LogP contribution in [0.4, 0.5) is 0 Å². The van der Waals surface area contributed by atoms with Crippen LogP contribution in [0.1, 0.15) is 39.5 Å². The van der Waals surface area contributed by atoms with Gasteiger partial charge in [-0.15, -0.1) is 0 Å². The van der Waals surface area contributed by atoms with Crippen LogP contribution in [0.2, 0.25) is 0 Å². The average Bonchev–Trinajstić information content (AvgIpc) is 2.37. The van der Waals surface area contributed by atoms with Gasteiger partial charge in [0.1, 0.15) is 6.04 Å². The summed E-state index contributed by atoms with van der Waals surface area (Å²) >= 11 is 0. The van der Waals surface area contributed by atoms with Crippen molar-refractivity contribution in [3.8, 4) is 0 Å². The second-order valence-electron chi connectivity index (χ2n) is 4.35. The largest absolute Gasteiger partial charge is 0.466 e. The number of nitrogens with zero attached hydrogens (tertiary/aromatic N) is 1. The smallest absolute Gasteiger partial charge is 0.323 e. The van der Waals surface area contributed by atoms with Crippen LogP contribution in [-0.2, 0) is 19.1 Å². The maximum absolute atomic E-state index is 11.8. The Labute approximate surface area is 108 Å². The monoisotopic (exact) mass is 257 g/mol. The molecule has 1 atom stereocenters. The minimum absolute atomic E-state index is 0.166. The fourth-order valence-corrected chi connectivity index (χ4v) is 2.23. The normalized spacial score (nSPS) is 20.4. The number of rotatable bonds is 6. The molecule has 0 aromatic carbocycles. The SMILES string of the molecule is CCOC(=O)CCN1CCCC[C@H]1C(=O)OCC. The van der Waals surface area contributed by atoms with E-state index >= 15 is 0 Å². The van der Waals surface area contributed by atoms with Crippen LogP contribution >= 0.6 is 0 Å². The Kier molecular flexibility index (Phi) is 6.72. The van der Waals surface area contributed by atoms with Gasteiger partial charge in [0.05, 0.1) is 19.6 Å². The highest BCUT2D eigenvalue weighted by atomic mass is 16.5. The van der Waals surface area contributed by atoms with E-state index in [-0.39, 0.29) is 18.0 Å². The first-order valence-corrected chi connectivity index (χ1v) is 6.75. The van der Waals surface area contributed by atoms with Crippen LogP contribution in [0, 0.1) is 0 Å². The Bertz CT molecular complexity index is 280. The lowest BCUT2D eigenvalue weighted by atomic mass is 10.0. The third kappa shape index (κ3) is 4.64. The zero-order chi connectivity index (χ0) is 13.4. The van der Waals surface area contributed by atoms with Gasteiger partial charge in [-0.05, 0) is 33.2 Å². The Hall–Kier alpha value is -1.10.